The molecule has 2 aromatic heterocycles. The molecule has 3 aromatic rings. The first-order valence-corrected chi connectivity index (χ1v) is 7.69. The Morgan fingerprint density at radius 3 is 2.65 bits per heavy atom. The number of halogens is 1. The molecule has 2 heterocycles. The van der Waals surface area contributed by atoms with E-state index in [1.54, 1.807) is 18.3 Å². The van der Waals surface area contributed by atoms with Crippen molar-refractivity contribution in [3.8, 4) is 11.4 Å². The van der Waals surface area contributed by atoms with Gasteiger partial charge < -0.3 is 5.73 Å². The highest BCUT2D eigenvalue weighted by molar-refractivity contribution is 14.1. The molecule has 0 aliphatic rings. The standard InChI is InChI=1S/C15H11IN6O/c16-11-6-2-1-5-10(11)12-19-14(17)22-15(20-12)21-13(23)9-4-3-7-18-8-9/h1-8H,(H3,17,19,20,21,22,23). The first kappa shape index (κ1) is 15.3. The summed E-state index contributed by atoms with van der Waals surface area (Å²) in [5.74, 6) is 0.179. The number of carbonyl (C=O) groups excluding carboxylic acids is 1. The molecule has 1 aromatic carbocycles. The van der Waals surface area contributed by atoms with Gasteiger partial charge in [0.15, 0.2) is 5.82 Å². The zero-order chi connectivity index (χ0) is 16.2. The van der Waals surface area contributed by atoms with E-state index in [1.807, 2.05) is 24.3 Å². The van der Waals surface area contributed by atoms with Gasteiger partial charge >= 0.3 is 0 Å². The van der Waals surface area contributed by atoms with Crippen molar-refractivity contribution in [1.82, 2.24) is 19.9 Å². The number of nitrogen functional groups attached to an aromatic ring is 1. The normalized spacial score (nSPS) is 10.3. The molecular weight excluding hydrogens is 407 g/mol. The van der Waals surface area contributed by atoms with Crippen LogP contribution in [-0.4, -0.2) is 25.8 Å². The molecule has 0 saturated carbocycles. The van der Waals surface area contributed by atoms with Gasteiger partial charge in [-0.2, -0.15) is 15.0 Å². The summed E-state index contributed by atoms with van der Waals surface area (Å²) in [5.41, 5.74) is 6.96. The van der Waals surface area contributed by atoms with Crippen molar-refractivity contribution in [2.24, 2.45) is 0 Å². The summed E-state index contributed by atoms with van der Waals surface area (Å²) in [6.07, 6.45) is 3.05. The predicted octanol–water partition coefficient (Wildman–Crippen LogP) is 2.37. The van der Waals surface area contributed by atoms with Crippen LogP contribution in [0.25, 0.3) is 11.4 Å². The molecule has 0 radical (unpaired) electrons. The van der Waals surface area contributed by atoms with Crippen molar-refractivity contribution in [1.29, 1.82) is 0 Å². The van der Waals surface area contributed by atoms with E-state index in [-0.39, 0.29) is 17.8 Å². The first-order valence-electron chi connectivity index (χ1n) is 6.61. The summed E-state index contributed by atoms with van der Waals surface area (Å²) in [4.78, 5) is 28.4. The molecule has 0 bridgehead atoms. The number of pyridine rings is 1. The van der Waals surface area contributed by atoms with Crippen molar-refractivity contribution in [3.05, 3.63) is 57.9 Å². The molecule has 0 saturated heterocycles. The molecule has 0 unspecified atom stereocenters. The summed E-state index contributed by atoms with van der Waals surface area (Å²) < 4.78 is 0.972. The molecule has 0 aliphatic carbocycles. The minimum atomic E-state index is -0.364. The third-order valence-corrected chi connectivity index (χ3v) is 3.86. The molecule has 7 nitrogen and oxygen atoms in total. The molecule has 114 valence electrons. The molecule has 0 fully saturated rings. The van der Waals surface area contributed by atoms with E-state index in [2.05, 4.69) is 47.8 Å². The number of carbonyl (C=O) groups is 1. The van der Waals surface area contributed by atoms with E-state index in [1.165, 1.54) is 6.20 Å². The molecule has 3 N–H and O–H groups in total. The van der Waals surface area contributed by atoms with Gasteiger partial charge in [0.1, 0.15) is 0 Å². The SMILES string of the molecule is Nc1nc(NC(=O)c2cccnc2)nc(-c2ccccc2I)n1. The summed E-state index contributed by atoms with van der Waals surface area (Å²) in [5, 5.41) is 2.61. The Morgan fingerprint density at radius 2 is 1.91 bits per heavy atom. The third-order valence-electron chi connectivity index (χ3n) is 2.92. The van der Waals surface area contributed by atoms with Crippen molar-refractivity contribution < 1.29 is 4.79 Å². The van der Waals surface area contributed by atoms with E-state index in [0.717, 1.165) is 9.13 Å². The Labute approximate surface area is 145 Å². The second-order valence-corrected chi connectivity index (χ2v) is 5.68. The van der Waals surface area contributed by atoms with Crippen LogP contribution in [0.4, 0.5) is 11.9 Å². The Hall–Kier alpha value is -2.62. The molecular formula is C15H11IN6O. The molecule has 23 heavy (non-hydrogen) atoms. The lowest BCUT2D eigenvalue weighted by Crippen LogP contribution is -2.16. The maximum atomic E-state index is 12.1. The summed E-state index contributed by atoms with van der Waals surface area (Å²) >= 11 is 2.19. The number of aromatic nitrogens is 4. The van der Waals surface area contributed by atoms with Gasteiger partial charge in [0, 0.05) is 21.5 Å². The van der Waals surface area contributed by atoms with E-state index >= 15 is 0 Å². The zero-order valence-electron chi connectivity index (χ0n) is 11.8. The van der Waals surface area contributed by atoms with Crippen LogP contribution < -0.4 is 11.1 Å². The fourth-order valence-corrected chi connectivity index (χ4v) is 2.51. The summed E-state index contributed by atoms with van der Waals surface area (Å²) in [6, 6.07) is 10.9. The second kappa shape index (κ2) is 6.65. The maximum absolute atomic E-state index is 12.1. The lowest BCUT2D eigenvalue weighted by molar-refractivity contribution is 0.102. The number of nitrogens with one attached hydrogen (secondary N) is 1. The van der Waals surface area contributed by atoms with Crippen molar-refractivity contribution >= 4 is 40.4 Å². The highest BCUT2D eigenvalue weighted by atomic mass is 127. The van der Waals surface area contributed by atoms with Gasteiger partial charge in [0.25, 0.3) is 5.91 Å². The van der Waals surface area contributed by atoms with Crippen LogP contribution in [0, 0.1) is 3.57 Å². The lowest BCUT2D eigenvalue weighted by Gasteiger charge is -2.07. The average molecular weight is 418 g/mol. The van der Waals surface area contributed by atoms with Crippen molar-refractivity contribution in [2.75, 3.05) is 11.1 Å². The van der Waals surface area contributed by atoms with Crippen LogP contribution in [0.5, 0.6) is 0 Å². The van der Waals surface area contributed by atoms with Crippen LogP contribution >= 0.6 is 22.6 Å². The van der Waals surface area contributed by atoms with Gasteiger partial charge in [0.05, 0.1) is 5.56 Å². The van der Waals surface area contributed by atoms with Crippen molar-refractivity contribution in [3.63, 3.8) is 0 Å². The van der Waals surface area contributed by atoms with Crippen LogP contribution in [-0.2, 0) is 0 Å². The Morgan fingerprint density at radius 1 is 1.09 bits per heavy atom. The number of amides is 1. The first-order chi connectivity index (χ1) is 11.1. The molecule has 8 heteroatoms. The average Bonchev–Trinajstić information content (AvgIpc) is 2.55. The Balaban J connectivity index is 1.92. The Bertz CT molecular complexity index is 856. The third kappa shape index (κ3) is 3.59. The predicted molar refractivity (Wildman–Crippen MR) is 94.6 cm³/mol. The fraction of sp³-hybridized carbons (Fsp3) is 0. The molecule has 0 spiro atoms. The molecule has 1 amide bonds. The quantitative estimate of drug-likeness (QED) is 0.633. The molecule has 3 rings (SSSR count). The van der Waals surface area contributed by atoms with Crippen LogP contribution in [0.15, 0.2) is 48.8 Å². The van der Waals surface area contributed by atoms with Crippen LogP contribution in [0.3, 0.4) is 0 Å². The fourth-order valence-electron chi connectivity index (χ4n) is 1.88. The number of nitrogens with two attached hydrogens (primary N) is 1. The van der Waals surface area contributed by atoms with Gasteiger partial charge in [0.2, 0.25) is 11.9 Å². The van der Waals surface area contributed by atoms with E-state index in [0.29, 0.717) is 11.4 Å². The minimum Gasteiger partial charge on any atom is -0.368 e. The highest BCUT2D eigenvalue weighted by Gasteiger charge is 2.12. The number of hydrogen-bond acceptors (Lipinski definition) is 6. The van der Waals surface area contributed by atoms with Gasteiger partial charge in [-0.1, -0.05) is 18.2 Å². The van der Waals surface area contributed by atoms with Crippen LogP contribution in [0.2, 0.25) is 0 Å². The number of hydrogen-bond donors (Lipinski definition) is 2. The van der Waals surface area contributed by atoms with E-state index in [4.69, 9.17) is 5.73 Å². The largest absolute Gasteiger partial charge is 0.368 e. The number of nitrogens with zero attached hydrogens (tertiary/aromatic N) is 4. The van der Waals surface area contributed by atoms with E-state index in [9.17, 15) is 4.79 Å². The van der Waals surface area contributed by atoms with Gasteiger partial charge in [-0.3, -0.25) is 15.1 Å². The summed E-state index contributed by atoms with van der Waals surface area (Å²) in [6.45, 7) is 0. The topological polar surface area (TPSA) is 107 Å². The molecule has 0 aliphatic heterocycles. The lowest BCUT2D eigenvalue weighted by atomic mass is 10.2. The summed E-state index contributed by atoms with van der Waals surface area (Å²) in [7, 11) is 0. The maximum Gasteiger partial charge on any atom is 0.259 e. The second-order valence-electron chi connectivity index (χ2n) is 4.52. The number of rotatable bonds is 3. The smallest absolute Gasteiger partial charge is 0.259 e. The van der Waals surface area contributed by atoms with Gasteiger partial charge in [-0.05, 0) is 40.8 Å². The molecule has 0 atom stereocenters. The minimum absolute atomic E-state index is 0.0381. The van der Waals surface area contributed by atoms with Crippen molar-refractivity contribution in [2.45, 2.75) is 0 Å². The van der Waals surface area contributed by atoms with Gasteiger partial charge in [-0.25, -0.2) is 0 Å². The number of anilines is 2. The van der Waals surface area contributed by atoms with E-state index < -0.39 is 0 Å². The monoisotopic (exact) mass is 418 g/mol. The highest BCUT2D eigenvalue weighted by Crippen LogP contribution is 2.23. The Kier molecular flexibility index (Phi) is 4.42. The van der Waals surface area contributed by atoms with Gasteiger partial charge in [-0.15, -0.1) is 0 Å². The van der Waals surface area contributed by atoms with Crippen LogP contribution in [0.1, 0.15) is 10.4 Å². The zero-order valence-corrected chi connectivity index (χ0v) is 13.9. The number of benzene rings is 1.